The molecule has 0 unspecified atom stereocenters. The third-order valence-electron chi connectivity index (χ3n) is 16.5. The number of ether oxygens (including phenoxy) is 6. The van der Waals surface area contributed by atoms with Gasteiger partial charge in [0.2, 0.25) is 17.2 Å². The van der Waals surface area contributed by atoms with Crippen LogP contribution in [-0.2, 0) is 27.2 Å². The number of rotatable bonds is 2. The molecule has 19 nitrogen and oxygen atoms in total. The molecule has 0 amide bonds. The van der Waals surface area contributed by atoms with Crippen LogP contribution in [-0.4, -0.2) is 66.3 Å². The van der Waals surface area contributed by atoms with Crippen LogP contribution < -0.4 is 45.4 Å². The molecule has 586 valence electrons. The number of phenols is 6. The van der Waals surface area contributed by atoms with Crippen molar-refractivity contribution < 1.29 is 112 Å². The van der Waals surface area contributed by atoms with E-state index in [4.69, 9.17) is 114 Å². The molecule has 15 aromatic carbocycles. The minimum Gasteiger partial charge on any atom is -0.507 e. The molecule has 0 radical (unpaired) electrons. The SMILES string of the molecule is Nc1ccccc1-c1cccc2ccc3c(c12)Oc1c(O)cccc1O3.Nc1ccccc1B(O)O.O=S(=O)(O)C(F)(F)F.Oc1ccc2cccc(Cl)c2c1Br.Oc1cccc(Br)c1O.Oc1cccc2c1Oc1c(ccc3cccc(Cl)c13)O2.Oc1cccc2c1Oc1c(ccc3cccc(Cl)c13)O2.[C-]#Cc1ccccc1.[Cu+]. The Labute approximate surface area is 697 Å². The number of halogens is 8. The Kier molecular flexibility index (Phi) is 28.2. The maximum absolute atomic E-state index is 10.7. The van der Waals surface area contributed by atoms with Crippen LogP contribution in [0.2, 0.25) is 15.1 Å². The van der Waals surface area contributed by atoms with Gasteiger partial charge in [0.25, 0.3) is 0 Å². The molecule has 18 rings (SSSR count). The molecule has 13 N–H and O–H groups in total. The van der Waals surface area contributed by atoms with E-state index in [1.165, 1.54) is 6.07 Å². The number of hydrogen-bond acceptors (Lipinski definition) is 18. The van der Waals surface area contributed by atoms with Gasteiger partial charge in [-0.25, -0.2) is 0 Å². The van der Waals surface area contributed by atoms with Crippen LogP contribution in [0.3, 0.4) is 0 Å². The van der Waals surface area contributed by atoms with Crippen molar-refractivity contribution in [1.29, 1.82) is 0 Å². The third-order valence-corrected chi connectivity index (χ3v) is 19.5. The topological polar surface area (TPSA) is 324 Å². The van der Waals surface area contributed by atoms with Gasteiger partial charge >= 0.3 is 39.8 Å². The van der Waals surface area contributed by atoms with E-state index in [1.807, 2.05) is 152 Å². The minimum absolute atomic E-state index is 0. The molecule has 0 saturated carbocycles. The number of phenolic OH excluding ortho intramolecular Hbond substituents is 6. The fourth-order valence-corrected chi connectivity index (χ4v) is 13.0. The van der Waals surface area contributed by atoms with Gasteiger partial charge < -0.3 is 87.0 Å². The summed E-state index contributed by atoms with van der Waals surface area (Å²) in [5.41, 5.74) is 10.2. The van der Waals surface area contributed by atoms with Gasteiger partial charge in [0, 0.05) is 49.0 Å². The quantitative estimate of drug-likeness (QED) is 0.0146. The Balaban J connectivity index is 0.000000144. The first-order valence-corrected chi connectivity index (χ1v) is 37.5. The van der Waals surface area contributed by atoms with Crippen molar-refractivity contribution in [2.24, 2.45) is 0 Å². The van der Waals surface area contributed by atoms with E-state index in [2.05, 4.69) is 37.8 Å². The van der Waals surface area contributed by atoms with Gasteiger partial charge in [0.05, 0.1) is 19.0 Å². The summed E-state index contributed by atoms with van der Waals surface area (Å²) in [4.78, 5) is 0. The number of alkyl halides is 3. The molecule has 0 bridgehead atoms. The second-order valence-corrected chi connectivity index (χ2v) is 28.3. The predicted molar refractivity (Wildman–Crippen MR) is 443 cm³/mol. The Morgan fingerprint density at radius 2 is 0.730 bits per heavy atom. The Morgan fingerprint density at radius 1 is 0.383 bits per heavy atom. The molecule has 30 heteroatoms. The number of aromatic hydroxyl groups is 6. The van der Waals surface area contributed by atoms with E-state index in [0.29, 0.717) is 110 Å². The summed E-state index contributed by atoms with van der Waals surface area (Å²) >= 11 is 24.9. The number of benzene rings is 15. The first-order valence-electron chi connectivity index (χ1n) is 33.3. The van der Waals surface area contributed by atoms with E-state index >= 15 is 0 Å². The molecule has 3 aliphatic rings. The Hall–Kier alpha value is -11.9. The maximum atomic E-state index is 10.7. The zero-order valence-electron chi connectivity index (χ0n) is 58.7. The molecule has 115 heavy (non-hydrogen) atoms. The van der Waals surface area contributed by atoms with E-state index in [0.717, 1.165) is 59.8 Å². The molecular formula is C85H58BBr2Cl3CuF3N2O17S. The molecule has 0 fully saturated rings. The number of nitrogens with two attached hydrogens (primary N) is 2. The van der Waals surface area contributed by atoms with Crippen molar-refractivity contribution in [2.75, 3.05) is 11.5 Å². The number of anilines is 2. The van der Waals surface area contributed by atoms with Gasteiger partial charge in [-0.05, 0) is 162 Å². The Morgan fingerprint density at radius 3 is 1.13 bits per heavy atom. The molecule has 3 aliphatic heterocycles. The van der Waals surface area contributed by atoms with Crippen LogP contribution in [0.25, 0.3) is 54.2 Å². The normalized spacial score (nSPS) is 11.3. The average molecular weight is 1810 g/mol. The average Bonchev–Trinajstić information content (AvgIpc) is 0.760. The fraction of sp³-hybridized carbons (Fsp3) is 0.0118. The van der Waals surface area contributed by atoms with Gasteiger partial charge in [-0.15, -0.1) is 17.7 Å². The summed E-state index contributed by atoms with van der Waals surface area (Å²) in [5.74, 6) is 8.23. The number of nitrogen functional groups attached to an aromatic ring is 2. The van der Waals surface area contributed by atoms with Crippen LogP contribution in [0.15, 0.2) is 282 Å². The van der Waals surface area contributed by atoms with Crippen LogP contribution in [0.4, 0.5) is 24.5 Å². The van der Waals surface area contributed by atoms with Gasteiger partial charge in [-0.2, -0.15) is 21.6 Å². The molecule has 3 heterocycles. The molecule has 0 saturated heterocycles. The maximum Gasteiger partial charge on any atom is 1.00 e. The number of fused-ring (bicyclic) bond motifs is 13. The molecule has 0 aromatic heterocycles. The van der Waals surface area contributed by atoms with Crippen molar-refractivity contribution >= 4 is 144 Å². The van der Waals surface area contributed by atoms with Gasteiger partial charge in [0.15, 0.2) is 80.5 Å². The number of para-hydroxylation sites is 6. The van der Waals surface area contributed by atoms with E-state index in [-0.39, 0.29) is 51.6 Å². The van der Waals surface area contributed by atoms with Crippen molar-refractivity contribution in [1.82, 2.24) is 0 Å². The predicted octanol–water partition coefficient (Wildman–Crippen LogP) is 22.7. The summed E-state index contributed by atoms with van der Waals surface area (Å²) in [6, 6.07) is 81.3. The zero-order chi connectivity index (χ0) is 81.7. The van der Waals surface area contributed by atoms with E-state index in [1.54, 1.807) is 115 Å². The molecule has 15 aromatic rings. The second kappa shape index (κ2) is 37.8. The molecule has 0 atom stereocenters. The zero-order valence-corrected chi connectivity index (χ0v) is 65.9. The summed E-state index contributed by atoms with van der Waals surface area (Å²) in [5, 5.41) is 83.5. The minimum atomic E-state index is -5.84. The largest absolute Gasteiger partial charge is 1.00 e. The Bertz CT molecular complexity index is 6100. The monoisotopic (exact) mass is 1800 g/mol. The smallest absolute Gasteiger partial charge is 0.507 e. The van der Waals surface area contributed by atoms with Gasteiger partial charge in [0.1, 0.15) is 5.75 Å². The fourth-order valence-electron chi connectivity index (χ4n) is 11.2. The standard InChI is InChI=1S/C22H15NO3.2C16H9ClO3.C10H6BrClO.C8H5.C6H8BNO2.C6H5BrO2.CHF3O3S.Cu/c23-16-8-2-1-6-14(16)15-7-3-5-13-11-12-19-22(20(13)15)26-21-17(24)9-4-10-18(21)25-19;2*17-10-4-1-3-9-7-8-13-16(14(9)10)20-15-11(18)5-2-6-12(15)19-13;11-10-8(13)5-4-6-2-1-3-7(12)9(6)10;1-2-8-6-4-3-5-7-8;8-6-4-2-1-3-5(6)7(9)10;7-4-2-1-3-5(8)6(4)9;2-1(3,4)8(5,6)7;/h1-12,24H,23H2;2*1-8,18H;1-5,13H;3-7H;1-4,9-10H,8H2;1-3,8-9H;(H,5,6,7);/q;;;;-1;;;;+1. The second-order valence-electron chi connectivity index (χ2n) is 24.0. The van der Waals surface area contributed by atoms with Crippen LogP contribution in [0, 0.1) is 12.3 Å². The summed E-state index contributed by atoms with van der Waals surface area (Å²) < 4.78 is 94.0. The van der Waals surface area contributed by atoms with Crippen molar-refractivity contribution in [3.63, 3.8) is 0 Å². The van der Waals surface area contributed by atoms with Crippen LogP contribution in [0.1, 0.15) is 5.56 Å². The van der Waals surface area contributed by atoms with Gasteiger partial charge in [-0.1, -0.05) is 193 Å². The van der Waals surface area contributed by atoms with E-state index < -0.39 is 22.7 Å². The first-order chi connectivity index (χ1) is 54.5. The van der Waals surface area contributed by atoms with Gasteiger partial charge in [-0.3, -0.25) is 10.5 Å². The summed E-state index contributed by atoms with van der Waals surface area (Å²) in [6.07, 6.45) is 6.69. The molecule has 0 aliphatic carbocycles. The van der Waals surface area contributed by atoms with E-state index in [9.17, 15) is 33.6 Å². The third kappa shape index (κ3) is 20.2. The van der Waals surface area contributed by atoms with Crippen molar-refractivity contribution in [3.05, 3.63) is 309 Å². The number of hydrogen-bond donors (Lipinski definition) is 11. The van der Waals surface area contributed by atoms with Crippen LogP contribution >= 0.6 is 66.7 Å². The summed E-state index contributed by atoms with van der Waals surface area (Å²) in [7, 11) is -7.31. The summed E-state index contributed by atoms with van der Waals surface area (Å²) in [6.45, 7) is 0. The van der Waals surface area contributed by atoms with Crippen molar-refractivity contribution in [3.8, 4) is 121 Å². The first kappa shape index (κ1) is 85.6. The van der Waals surface area contributed by atoms with Crippen LogP contribution in [0.5, 0.6) is 103 Å². The molecule has 0 spiro atoms. The molecular weight excluding hydrogens is 1750 g/mol. The van der Waals surface area contributed by atoms with Crippen molar-refractivity contribution in [2.45, 2.75) is 5.51 Å².